The van der Waals surface area contributed by atoms with E-state index in [2.05, 4.69) is 30.9 Å². The highest BCUT2D eigenvalue weighted by Crippen LogP contribution is 2.05. The molecule has 0 aromatic carbocycles. The predicted molar refractivity (Wildman–Crippen MR) is 65.5 cm³/mol. The summed E-state index contributed by atoms with van der Waals surface area (Å²) in [6.45, 7) is 2.03. The Labute approximate surface area is 103 Å². The Morgan fingerprint density at radius 2 is 2.44 bits per heavy atom. The van der Waals surface area contributed by atoms with Crippen LogP contribution >= 0.6 is 0 Å². The summed E-state index contributed by atoms with van der Waals surface area (Å²) < 4.78 is 0. The maximum Gasteiger partial charge on any atom is 0.270 e. The van der Waals surface area contributed by atoms with Crippen molar-refractivity contribution in [1.29, 1.82) is 0 Å². The Morgan fingerprint density at radius 1 is 1.56 bits per heavy atom. The van der Waals surface area contributed by atoms with E-state index in [-0.39, 0.29) is 11.9 Å². The topological polar surface area (TPSA) is 96.5 Å². The highest BCUT2D eigenvalue weighted by Gasteiger charge is 2.01. The van der Waals surface area contributed by atoms with E-state index in [1.807, 2.05) is 19.1 Å². The lowest BCUT2D eigenvalue weighted by molar-refractivity contribution is -0.111. The third kappa shape index (κ3) is 3.21. The summed E-state index contributed by atoms with van der Waals surface area (Å²) in [7, 11) is 0. The Morgan fingerprint density at radius 3 is 3.17 bits per heavy atom. The van der Waals surface area contributed by atoms with E-state index in [1.165, 1.54) is 6.08 Å². The summed E-state index contributed by atoms with van der Waals surface area (Å²) in [5.41, 5.74) is 1.90. The van der Waals surface area contributed by atoms with Gasteiger partial charge in [-0.05, 0) is 35.4 Å². The molecule has 18 heavy (non-hydrogen) atoms. The molecule has 92 valence electrons. The van der Waals surface area contributed by atoms with Crippen LogP contribution in [0.3, 0.4) is 0 Å². The fourth-order valence-corrected chi connectivity index (χ4v) is 1.33. The van der Waals surface area contributed by atoms with Crippen LogP contribution in [0.15, 0.2) is 24.4 Å². The molecule has 2 N–H and O–H groups in total. The minimum atomic E-state index is -0.314. The molecule has 0 saturated carbocycles. The Hall–Kier alpha value is -2.57. The molecular weight excluding hydrogens is 232 g/mol. The lowest BCUT2D eigenvalue weighted by atomic mass is 10.2. The van der Waals surface area contributed by atoms with Crippen molar-refractivity contribution in [2.24, 2.45) is 0 Å². The first-order valence-corrected chi connectivity index (χ1v) is 5.45. The number of aromatic amines is 1. The number of carbonyl (C=O) groups excluding carboxylic acids is 1. The van der Waals surface area contributed by atoms with Crippen LogP contribution < -0.4 is 5.32 Å². The number of anilines is 1. The Kier molecular flexibility index (Phi) is 3.75. The SMILES string of the molecule is CCc1cc(C=CC(=O)Nc2nn[nH]n2)ccn1. The van der Waals surface area contributed by atoms with Crippen molar-refractivity contribution in [3.63, 3.8) is 0 Å². The minimum Gasteiger partial charge on any atom is -0.288 e. The zero-order chi connectivity index (χ0) is 12.8. The van der Waals surface area contributed by atoms with E-state index in [1.54, 1.807) is 12.3 Å². The van der Waals surface area contributed by atoms with Gasteiger partial charge in [-0.2, -0.15) is 5.21 Å². The number of rotatable bonds is 4. The van der Waals surface area contributed by atoms with Crippen LogP contribution in [0.2, 0.25) is 0 Å². The van der Waals surface area contributed by atoms with Crippen LogP contribution in [0.5, 0.6) is 0 Å². The van der Waals surface area contributed by atoms with Crippen molar-refractivity contribution in [2.45, 2.75) is 13.3 Å². The zero-order valence-corrected chi connectivity index (χ0v) is 9.79. The third-order valence-corrected chi connectivity index (χ3v) is 2.21. The van der Waals surface area contributed by atoms with Gasteiger partial charge in [0.15, 0.2) is 0 Å². The monoisotopic (exact) mass is 244 g/mol. The summed E-state index contributed by atoms with van der Waals surface area (Å²) in [6.07, 6.45) is 5.69. The van der Waals surface area contributed by atoms with Crippen LogP contribution in [0, 0.1) is 0 Å². The summed E-state index contributed by atoms with van der Waals surface area (Å²) in [6, 6.07) is 3.76. The van der Waals surface area contributed by atoms with Gasteiger partial charge in [-0.1, -0.05) is 12.0 Å². The first kappa shape index (κ1) is 11.9. The fourth-order valence-electron chi connectivity index (χ4n) is 1.33. The molecule has 0 aliphatic carbocycles. The van der Waals surface area contributed by atoms with Crippen LogP contribution in [-0.2, 0) is 11.2 Å². The number of tetrazole rings is 1. The fraction of sp³-hybridized carbons (Fsp3) is 0.182. The van der Waals surface area contributed by atoms with E-state index in [0.717, 1.165) is 17.7 Å². The summed E-state index contributed by atoms with van der Waals surface area (Å²) in [4.78, 5) is 15.7. The summed E-state index contributed by atoms with van der Waals surface area (Å²) in [5, 5.41) is 15.3. The molecule has 7 nitrogen and oxygen atoms in total. The van der Waals surface area contributed by atoms with Crippen molar-refractivity contribution in [3.8, 4) is 0 Å². The molecule has 2 heterocycles. The molecule has 0 aliphatic heterocycles. The van der Waals surface area contributed by atoms with E-state index >= 15 is 0 Å². The standard InChI is InChI=1S/C11H12N6O/c1-2-9-7-8(5-6-12-9)3-4-10(18)13-11-14-16-17-15-11/h3-7H,2H2,1H3,(H2,13,14,15,16,17,18). The number of nitrogens with one attached hydrogen (secondary N) is 2. The van der Waals surface area contributed by atoms with Gasteiger partial charge in [0.1, 0.15) is 0 Å². The van der Waals surface area contributed by atoms with Gasteiger partial charge in [-0.15, -0.1) is 5.10 Å². The van der Waals surface area contributed by atoms with Crippen LogP contribution in [0.25, 0.3) is 6.08 Å². The molecule has 2 aromatic heterocycles. The number of pyridine rings is 1. The molecule has 0 atom stereocenters. The smallest absolute Gasteiger partial charge is 0.270 e. The maximum atomic E-state index is 11.5. The quantitative estimate of drug-likeness (QED) is 0.776. The molecule has 0 aliphatic rings. The van der Waals surface area contributed by atoms with Crippen LogP contribution in [0.4, 0.5) is 5.95 Å². The van der Waals surface area contributed by atoms with E-state index < -0.39 is 0 Å². The highest BCUT2D eigenvalue weighted by atomic mass is 16.1. The predicted octanol–water partition coefficient (Wildman–Crippen LogP) is 0.809. The Bertz CT molecular complexity index is 548. The van der Waals surface area contributed by atoms with E-state index in [9.17, 15) is 4.79 Å². The molecule has 2 aromatic rings. The van der Waals surface area contributed by atoms with Gasteiger partial charge in [0.05, 0.1) is 0 Å². The van der Waals surface area contributed by atoms with Crippen LogP contribution in [-0.4, -0.2) is 31.5 Å². The minimum absolute atomic E-state index is 0.147. The first-order valence-electron chi connectivity index (χ1n) is 5.45. The van der Waals surface area contributed by atoms with Gasteiger partial charge < -0.3 is 0 Å². The molecule has 2 rings (SSSR count). The number of hydrogen-bond acceptors (Lipinski definition) is 5. The summed E-state index contributed by atoms with van der Waals surface area (Å²) in [5.74, 6) is -0.167. The van der Waals surface area contributed by atoms with Crippen molar-refractivity contribution in [3.05, 3.63) is 35.7 Å². The average molecular weight is 244 g/mol. The number of carbonyl (C=O) groups is 1. The number of hydrogen-bond donors (Lipinski definition) is 2. The normalized spacial score (nSPS) is 10.7. The Balaban J connectivity index is 1.99. The van der Waals surface area contributed by atoms with Gasteiger partial charge in [0.25, 0.3) is 11.9 Å². The second-order valence-corrected chi connectivity index (χ2v) is 3.49. The summed E-state index contributed by atoms with van der Waals surface area (Å²) >= 11 is 0. The van der Waals surface area contributed by atoms with Crippen molar-refractivity contribution in [1.82, 2.24) is 25.6 Å². The molecule has 0 radical (unpaired) electrons. The third-order valence-electron chi connectivity index (χ3n) is 2.21. The number of amides is 1. The lowest BCUT2D eigenvalue weighted by Gasteiger charge is -1.97. The average Bonchev–Trinajstić information content (AvgIpc) is 2.89. The number of aromatic nitrogens is 5. The molecule has 7 heteroatoms. The second-order valence-electron chi connectivity index (χ2n) is 3.49. The highest BCUT2D eigenvalue weighted by molar-refractivity contribution is 6.00. The number of nitrogens with zero attached hydrogens (tertiary/aromatic N) is 4. The largest absolute Gasteiger partial charge is 0.288 e. The number of aryl methyl sites for hydroxylation is 1. The van der Waals surface area contributed by atoms with Crippen LogP contribution in [0.1, 0.15) is 18.2 Å². The van der Waals surface area contributed by atoms with Gasteiger partial charge >= 0.3 is 0 Å². The van der Waals surface area contributed by atoms with Gasteiger partial charge in [0.2, 0.25) is 0 Å². The molecule has 0 unspecified atom stereocenters. The van der Waals surface area contributed by atoms with E-state index in [4.69, 9.17) is 0 Å². The lowest BCUT2D eigenvalue weighted by Crippen LogP contribution is -2.09. The van der Waals surface area contributed by atoms with Gasteiger partial charge in [-0.25, -0.2) is 0 Å². The molecule has 1 amide bonds. The zero-order valence-electron chi connectivity index (χ0n) is 9.79. The van der Waals surface area contributed by atoms with E-state index in [0.29, 0.717) is 0 Å². The van der Waals surface area contributed by atoms with Crippen molar-refractivity contribution < 1.29 is 4.79 Å². The first-order chi connectivity index (χ1) is 8.78. The van der Waals surface area contributed by atoms with Gasteiger partial charge in [0, 0.05) is 18.0 Å². The molecule has 0 fully saturated rings. The number of H-pyrrole nitrogens is 1. The van der Waals surface area contributed by atoms with Crippen molar-refractivity contribution in [2.75, 3.05) is 5.32 Å². The molecule has 0 saturated heterocycles. The molecule has 0 bridgehead atoms. The van der Waals surface area contributed by atoms with Gasteiger partial charge in [-0.3, -0.25) is 15.1 Å². The molecule has 0 spiro atoms. The van der Waals surface area contributed by atoms with Crippen molar-refractivity contribution >= 4 is 17.9 Å². The second kappa shape index (κ2) is 5.67. The molecular formula is C11H12N6O. The maximum absolute atomic E-state index is 11.5.